The number of nitrogens with zero attached hydrogens (tertiary/aromatic N) is 1. The number of rotatable bonds is 4. The molecule has 1 fully saturated rings. The van der Waals surface area contributed by atoms with Gasteiger partial charge in [-0.05, 0) is 48.7 Å². The number of hydrogen-bond acceptors (Lipinski definition) is 3. The Morgan fingerprint density at radius 3 is 2.68 bits per heavy atom. The van der Waals surface area contributed by atoms with Crippen LogP contribution in [0.25, 0.3) is 0 Å². The smallest absolute Gasteiger partial charge is 0.147 e. The second kappa shape index (κ2) is 4.88. The topological polar surface area (TPSA) is 37.5 Å². The Morgan fingerprint density at radius 2 is 2.00 bits per heavy atom. The molecule has 0 amide bonds. The minimum atomic E-state index is -0.260. The standard InChI is InChI=1S/C15H15FN2O/c1-10-8-14(10)15-7-6-13(19-15)9-17-18-12-4-2-11(16)3-5-12/h2-7,9-10,14,18H,8H2,1H3/b17-9-/t10-,14-/m0/s1. The molecular formula is C15H15FN2O. The lowest BCUT2D eigenvalue weighted by Gasteiger charge is -1.98. The highest BCUT2D eigenvalue weighted by Crippen LogP contribution is 2.47. The van der Waals surface area contributed by atoms with Crippen molar-refractivity contribution in [3.8, 4) is 0 Å². The van der Waals surface area contributed by atoms with Gasteiger partial charge in [0.2, 0.25) is 0 Å². The quantitative estimate of drug-likeness (QED) is 0.665. The molecule has 4 heteroatoms. The highest BCUT2D eigenvalue weighted by Gasteiger charge is 2.36. The molecule has 3 rings (SSSR count). The Morgan fingerprint density at radius 1 is 1.26 bits per heavy atom. The van der Waals surface area contributed by atoms with Crippen molar-refractivity contribution in [1.29, 1.82) is 0 Å². The van der Waals surface area contributed by atoms with Crippen LogP contribution in [0, 0.1) is 11.7 Å². The Bertz CT molecular complexity index is 588. The van der Waals surface area contributed by atoms with Gasteiger partial charge in [0.05, 0.1) is 11.9 Å². The molecule has 0 aliphatic heterocycles. The van der Waals surface area contributed by atoms with E-state index in [1.165, 1.54) is 18.6 Å². The van der Waals surface area contributed by atoms with E-state index in [4.69, 9.17) is 4.42 Å². The second-order valence-electron chi connectivity index (χ2n) is 4.94. The van der Waals surface area contributed by atoms with Crippen molar-refractivity contribution in [2.24, 2.45) is 11.0 Å². The van der Waals surface area contributed by atoms with E-state index in [2.05, 4.69) is 17.5 Å². The second-order valence-corrected chi connectivity index (χ2v) is 4.94. The molecule has 19 heavy (non-hydrogen) atoms. The molecule has 1 N–H and O–H groups in total. The lowest BCUT2D eigenvalue weighted by atomic mass is 10.3. The summed E-state index contributed by atoms with van der Waals surface area (Å²) >= 11 is 0. The Hall–Kier alpha value is -2.10. The molecule has 0 bridgehead atoms. The number of hydrogen-bond donors (Lipinski definition) is 1. The summed E-state index contributed by atoms with van der Waals surface area (Å²) in [5, 5.41) is 4.06. The molecule has 98 valence electrons. The number of halogens is 1. The van der Waals surface area contributed by atoms with Crippen molar-refractivity contribution in [3.63, 3.8) is 0 Å². The molecule has 1 aromatic heterocycles. The molecule has 1 heterocycles. The van der Waals surface area contributed by atoms with E-state index in [1.54, 1.807) is 18.3 Å². The molecule has 2 aromatic rings. The van der Waals surface area contributed by atoms with E-state index in [9.17, 15) is 4.39 Å². The largest absolute Gasteiger partial charge is 0.460 e. The monoisotopic (exact) mass is 258 g/mol. The van der Waals surface area contributed by atoms with E-state index in [0.717, 1.165) is 23.1 Å². The van der Waals surface area contributed by atoms with Crippen LogP contribution >= 0.6 is 0 Å². The van der Waals surface area contributed by atoms with E-state index in [0.29, 0.717) is 5.92 Å². The van der Waals surface area contributed by atoms with Crippen LogP contribution in [-0.4, -0.2) is 6.21 Å². The molecule has 0 unspecified atom stereocenters. The zero-order chi connectivity index (χ0) is 13.2. The highest BCUT2D eigenvalue weighted by molar-refractivity contribution is 5.76. The number of nitrogens with one attached hydrogen (secondary N) is 1. The predicted molar refractivity (Wildman–Crippen MR) is 72.8 cm³/mol. The van der Waals surface area contributed by atoms with Crippen LogP contribution in [0.5, 0.6) is 0 Å². The number of anilines is 1. The first-order valence-corrected chi connectivity index (χ1v) is 6.37. The average Bonchev–Trinajstić information content (AvgIpc) is 2.96. The van der Waals surface area contributed by atoms with Gasteiger partial charge in [-0.2, -0.15) is 5.10 Å². The zero-order valence-corrected chi connectivity index (χ0v) is 10.6. The van der Waals surface area contributed by atoms with Gasteiger partial charge in [-0.25, -0.2) is 4.39 Å². The van der Waals surface area contributed by atoms with Gasteiger partial charge in [0.1, 0.15) is 17.3 Å². The van der Waals surface area contributed by atoms with Gasteiger partial charge in [0.25, 0.3) is 0 Å². The third kappa shape index (κ3) is 2.84. The first-order valence-electron chi connectivity index (χ1n) is 6.37. The van der Waals surface area contributed by atoms with Gasteiger partial charge in [-0.1, -0.05) is 6.92 Å². The van der Waals surface area contributed by atoms with Crippen molar-refractivity contribution in [1.82, 2.24) is 0 Å². The van der Waals surface area contributed by atoms with E-state index < -0.39 is 0 Å². The molecule has 0 saturated heterocycles. The first kappa shape index (κ1) is 12.0. The SMILES string of the molecule is C[C@H]1C[C@@H]1c1ccc(/C=N\Nc2ccc(F)cc2)o1. The molecule has 0 spiro atoms. The summed E-state index contributed by atoms with van der Waals surface area (Å²) in [6.45, 7) is 2.22. The predicted octanol–water partition coefficient (Wildman–Crippen LogP) is 3.99. The maximum absolute atomic E-state index is 12.7. The first-order chi connectivity index (χ1) is 9.22. The van der Waals surface area contributed by atoms with Crippen LogP contribution in [0.1, 0.15) is 30.8 Å². The number of hydrazone groups is 1. The van der Waals surface area contributed by atoms with Crippen molar-refractivity contribution in [2.75, 3.05) is 5.43 Å². The molecule has 1 aliphatic rings. The molecular weight excluding hydrogens is 243 g/mol. The normalized spacial score (nSPS) is 21.8. The Kier molecular flexibility index (Phi) is 3.07. The van der Waals surface area contributed by atoms with Crippen molar-refractivity contribution in [2.45, 2.75) is 19.3 Å². The molecule has 3 nitrogen and oxygen atoms in total. The van der Waals surface area contributed by atoms with Gasteiger partial charge in [-0.3, -0.25) is 5.43 Å². The minimum Gasteiger partial charge on any atom is -0.460 e. The Balaban J connectivity index is 1.60. The van der Waals surface area contributed by atoms with Crippen LogP contribution in [0.2, 0.25) is 0 Å². The highest BCUT2D eigenvalue weighted by atomic mass is 19.1. The van der Waals surface area contributed by atoms with Crippen molar-refractivity contribution in [3.05, 3.63) is 53.7 Å². The average molecular weight is 258 g/mol. The molecule has 1 aromatic carbocycles. The minimum absolute atomic E-state index is 0.260. The summed E-state index contributed by atoms with van der Waals surface area (Å²) < 4.78 is 18.4. The third-order valence-electron chi connectivity index (χ3n) is 3.35. The van der Waals surface area contributed by atoms with Crippen LogP contribution in [-0.2, 0) is 0 Å². The molecule has 2 atom stereocenters. The fraction of sp³-hybridized carbons (Fsp3) is 0.267. The summed E-state index contributed by atoms with van der Waals surface area (Å²) in [6.07, 6.45) is 2.83. The molecule has 1 aliphatic carbocycles. The maximum atomic E-state index is 12.7. The van der Waals surface area contributed by atoms with Crippen LogP contribution in [0.15, 0.2) is 45.9 Å². The van der Waals surface area contributed by atoms with Gasteiger partial charge in [0, 0.05) is 5.92 Å². The summed E-state index contributed by atoms with van der Waals surface area (Å²) in [4.78, 5) is 0. The number of furan rings is 1. The van der Waals surface area contributed by atoms with Crippen LogP contribution in [0.4, 0.5) is 10.1 Å². The summed E-state index contributed by atoms with van der Waals surface area (Å²) in [7, 11) is 0. The molecule has 1 saturated carbocycles. The number of benzene rings is 1. The summed E-state index contributed by atoms with van der Waals surface area (Å²) in [5.41, 5.74) is 3.56. The van der Waals surface area contributed by atoms with Gasteiger partial charge in [-0.15, -0.1) is 0 Å². The molecule has 0 radical (unpaired) electrons. The lowest BCUT2D eigenvalue weighted by Crippen LogP contribution is -1.89. The zero-order valence-electron chi connectivity index (χ0n) is 10.6. The van der Waals surface area contributed by atoms with Gasteiger partial charge >= 0.3 is 0 Å². The van der Waals surface area contributed by atoms with Crippen molar-refractivity contribution < 1.29 is 8.81 Å². The van der Waals surface area contributed by atoms with Gasteiger partial charge in [0.15, 0.2) is 0 Å². The fourth-order valence-corrected chi connectivity index (χ4v) is 2.05. The fourth-order valence-electron chi connectivity index (χ4n) is 2.05. The summed E-state index contributed by atoms with van der Waals surface area (Å²) in [6, 6.07) is 9.95. The third-order valence-corrected chi connectivity index (χ3v) is 3.35. The van der Waals surface area contributed by atoms with Crippen molar-refractivity contribution >= 4 is 11.9 Å². The van der Waals surface area contributed by atoms with E-state index in [1.807, 2.05) is 12.1 Å². The van der Waals surface area contributed by atoms with Crippen LogP contribution in [0.3, 0.4) is 0 Å². The van der Waals surface area contributed by atoms with E-state index in [-0.39, 0.29) is 5.82 Å². The lowest BCUT2D eigenvalue weighted by molar-refractivity contribution is 0.500. The van der Waals surface area contributed by atoms with Crippen LogP contribution < -0.4 is 5.43 Å². The Labute approximate surface area is 111 Å². The summed E-state index contributed by atoms with van der Waals surface area (Å²) in [5.74, 6) is 2.81. The maximum Gasteiger partial charge on any atom is 0.147 e. The van der Waals surface area contributed by atoms with Gasteiger partial charge < -0.3 is 4.42 Å². The van der Waals surface area contributed by atoms with E-state index >= 15 is 0 Å².